The van der Waals surface area contributed by atoms with Crippen molar-refractivity contribution < 1.29 is 0 Å². The van der Waals surface area contributed by atoms with Crippen LogP contribution in [-0.4, -0.2) is 8.07 Å². The van der Waals surface area contributed by atoms with Gasteiger partial charge < -0.3 is 0 Å². The van der Waals surface area contributed by atoms with Crippen LogP contribution in [0.2, 0.25) is 18.6 Å². The maximum atomic E-state index is 3.87. The van der Waals surface area contributed by atoms with Crippen molar-refractivity contribution in [3.8, 4) is 0 Å². The van der Waals surface area contributed by atoms with Gasteiger partial charge in [-0.1, -0.05) is 53.7 Å². The highest BCUT2D eigenvalue weighted by Crippen LogP contribution is 2.17. The fraction of sp³-hybridized carbons (Fsp3) is 0.286. The van der Waals surface area contributed by atoms with Crippen LogP contribution in [0.4, 0.5) is 0 Å². The van der Waals surface area contributed by atoms with Crippen molar-refractivity contribution in [2.75, 3.05) is 0 Å². The smallest absolute Gasteiger partial charge is 0.0910 e. The van der Waals surface area contributed by atoms with E-state index in [1.807, 2.05) is 0 Å². The van der Waals surface area contributed by atoms with Gasteiger partial charge >= 0.3 is 0 Å². The van der Waals surface area contributed by atoms with Crippen molar-refractivity contribution in [2.45, 2.75) is 25.6 Å². The Labute approximate surface area is 94.4 Å². The molecule has 0 saturated heterocycles. The van der Waals surface area contributed by atoms with E-state index >= 15 is 0 Å². The molecule has 0 amide bonds. The Kier molecular flexibility index (Phi) is 4.10. The first-order valence-electron chi connectivity index (χ1n) is 5.41. The number of rotatable bonds is 5. The van der Waals surface area contributed by atoms with Crippen LogP contribution in [0.1, 0.15) is 5.56 Å². The van der Waals surface area contributed by atoms with E-state index < -0.39 is 8.07 Å². The van der Waals surface area contributed by atoms with Crippen molar-refractivity contribution in [1.82, 2.24) is 0 Å². The first-order chi connectivity index (χ1) is 7.12. The molecule has 0 saturated carbocycles. The molecule has 0 aliphatic rings. The standard InChI is InChI=1S/C14H20Si/c1-5-11-15(4,12-6-2)14-9-7-13(3)8-10-14/h5-10H,1-2,11-12H2,3-4H3. The van der Waals surface area contributed by atoms with Gasteiger partial charge in [0, 0.05) is 0 Å². The number of aryl methyl sites for hydroxylation is 1. The lowest BCUT2D eigenvalue weighted by molar-refractivity contribution is 1.43. The normalized spacial score (nSPS) is 11.1. The highest BCUT2D eigenvalue weighted by Gasteiger charge is 2.25. The number of hydrogen-bond donors (Lipinski definition) is 0. The van der Waals surface area contributed by atoms with Gasteiger partial charge in [0.25, 0.3) is 0 Å². The van der Waals surface area contributed by atoms with E-state index in [0.717, 1.165) is 12.1 Å². The summed E-state index contributed by atoms with van der Waals surface area (Å²) in [6.07, 6.45) is 4.10. The molecule has 0 nitrogen and oxygen atoms in total. The van der Waals surface area contributed by atoms with E-state index in [0.29, 0.717) is 0 Å². The summed E-state index contributed by atoms with van der Waals surface area (Å²) >= 11 is 0. The maximum absolute atomic E-state index is 3.87. The molecule has 0 spiro atoms. The van der Waals surface area contributed by atoms with E-state index in [9.17, 15) is 0 Å². The highest BCUT2D eigenvalue weighted by atomic mass is 28.3. The van der Waals surface area contributed by atoms with E-state index in [1.165, 1.54) is 10.8 Å². The van der Waals surface area contributed by atoms with Crippen LogP contribution in [0, 0.1) is 6.92 Å². The minimum atomic E-state index is -1.38. The van der Waals surface area contributed by atoms with Crippen LogP contribution in [-0.2, 0) is 0 Å². The van der Waals surface area contributed by atoms with E-state index in [1.54, 1.807) is 0 Å². The van der Waals surface area contributed by atoms with Gasteiger partial charge in [-0.05, 0) is 19.0 Å². The third kappa shape index (κ3) is 2.93. The average molecular weight is 216 g/mol. The zero-order valence-corrected chi connectivity index (χ0v) is 10.8. The first-order valence-corrected chi connectivity index (χ1v) is 8.33. The molecule has 1 rings (SSSR count). The summed E-state index contributed by atoms with van der Waals surface area (Å²) < 4.78 is 0. The van der Waals surface area contributed by atoms with Gasteiger partial charge in [-0.15, -0.1) is 13.2 Å². The van der Waals surface area contributed by atoms with Crippen molar-refractivity contribution >= 4 is 13.3 Å². The summed E-state index contributed by atoms with van der Waals surface area (Å²) in [4.78, 5) is 0. The quantitative estimate of drug-likeness (QED) is 0.520. The summed E-state index contributed by atoms with van der Waals surface area (Å²) in [5.41, 5.74) is 1.33. The Hall–Kier alpha value is -1.08. The molecule has 0 unspecified atom stereocenters. The Bertz CT molecular complexity index is 325. The minimum absolute atomic E-state index is 1.13. The molecule has 0 aromatic heterocycles. The Morgan fingerprint density at radius 1 is 1.07 bits per heavy atom. The molecule has 0 bridgehead atoms. The maximum Gasteiger partial charge on any atom is 0.0910 e. The lowest BCUT2D eigenvalue weighted by Gasteiger charge is -2.25. The number of benzene rings is 1. The van der Waals surface area contributed by atoms with Gasteiger partial charge in [0.15, 0.2) is 0 Å². The lowest BCUT2D eigenvalue weighted by atomic mass is 10.2. The summed E-state index contributed by atoms with van der Waals surface area (Å²) in [6.45, 7) is 12.3. The van der Waals surface area contributed by atoms with Gasteiger partial charge in [0.1, 0.15) is 0 Å². The van der Waals surface area contributed by atoms with Gasteiger partial charge in [-0.25, -0.2) is 0 Å². The van der Waals surface area contributed by atoms with Crippen LogP contribution in [0.15, 0.2) is 49.6 Å². The molecule has 0 fully saturated rings. The Morgan fingerprint density at radius 3 is 1.93 bits per heavy atom. The summed E-state index contributed by atoms with van der Waals surface area (Å²) in [7, 11) is -1.38. The van der Waals surface area contributed by atoms with Crippen molar-refractivity contribution in [3.05, 3.63) is 55.1 Å². The minimum Gasteiger partial charge on any atom is -0.103 e. The van der Waals surface area contributed by atoms with Crippen LogP contribution in [0.5, 0.6) is 0 Å². The topological polar surface area (TPSA) is 0 Å². The molecule has 0 aliphatic heterocycles. The van der Waals surface area contributed by atoms with Gasteiger partial charge in [-0.3, -0.25) is 0 Å². The van der Waals surface area contributed by atoms with Crippen molar-refractivity contribution in [3.63, 3.8) is 0 Å². The fourth-order valence-electron chi connectivity index (χ4n) is 1.91. The lowest BCUT2D eigenvalue weighted by Crippen LogP contribution is -2.43. The molecule has 0 aliphatic carbocycles. The Morgan fingerprint density at radius 2 is 1.53 bits per heavy atom. The first kappa shape index (κ1) is 12.0. The monoisotopic (exact) mass is 216 g/mol. The summed E-state index contributed by atoms with van der Waals surface area (Å²) in [5, 5.41) is 1.51. The van der Waals surface area contributed by atoms with E-state index in [-0.39, 0.29) is 0 Å². The van der Waals surface area contributed by atoms with Crippen LogP contribution in [0.3, 0.4) is 0 Å². The zero-order chi connectivity index (χ0) is 11.3. The molecule has 0 radical (unpaired) electrons. The van der Waals surface area contributed by atoms with Gasteiger partial charge in [0.2, 0.25) is 0 Å². The molecule has 15 heavy (non-hydrogen) atoms. The second-order valence-corrected chi connectivity index (χ2v) is 8.93. The van der Waals surface area contributed by atoms with E-state index in [2.05, 4.69) is 63.0 Å². The average Bonchev–Trinajstić information content (AvgIpc) is 2.19. The molecule has 1 heteroatoms. The predicted molar refractivity (Wildman–Crippen MR) is 72.4 cm³/mol. The second kappa shape index (κ2) is 5.13. The van der Waals surface area contributed by atoms with Crippen molar-refractivity contribution in [1.29, 1.82) is 0 Å². The third-order valence-corrected chi connectivity index (χ3v) is 7.04. The highest BCUT2D eigenvalue weighted by molar-refractivity contribution is 6.91. The second-order valence-electron chi connectivity index (χ2n) is 4.41. The molecule has 80 valence electrons. The summed E-state index contributed by atoms with van der Waals surface area (Å²) in [6, 6.07) is 11.2. The van der Waals surface area contributed by atoms with Crippen LogP contribution >= 0.6 is 0 Å². The largest absolute Gasteiger partial charge is 0.103 e. The number of hydrogen-bond acceptors (Lipinski definition) is 0. The van der Waals surface area contributed by atoms with Gasteiger partial charge in [0.05, 0.1) is 8.07 Å². The van der Waals surface area contributed by atoms with Crippen molar-refractivity contribution in [2.24, 2.45) is 0 Å². The molecule has 1 aromatic carbocycles. The van der Waals surface area contributed by atoms with Crippen LogP contribution < -0.4 is 5.19 Å². The number of allylic oxidation sites excluding steroid dienone is 2. The fourth-order valence-corrected chi connectivity index (χ4v) is 4.80. The molecule has 1 aromatic rings. The predicted octanol–water partition coefficient (Wildman–Crippen LogP) is 3.65. The van der Waals surface area contributed by atoms with Gasteiger partial charge in [-0.2, -0.15) is 0 Å². The van der Waals surface area contributed by atoms with Crippen LogP contribution in [0.25, 0.3) is 0 Å². The molecule has 0 atom stereocenters. The molecular weight excluding hydrogens is 196 g/mol. The molecule has 0 heterocycles. The molecular formula is C14H20Si. The SMILES string of the molecule is C=CC[Si](C)(CC=C)c1ccc(C)cc1. The Balaban J connectivity index is 3.02. The molecule has 0 N–H and O–H groups in total. The summed E-state index contributed by atoms with van der Waals surface area (Å²) in [5.74, 6) is 0. The zero-order valence-electron chi connectivity index (χ0n) is 9.79. The van der Waals surface area contributed by atoms with E-state index in [4.69, 9.17) is 0 Å². The third-order valence-electron chi connectivity index (χ3n) is 2.94.